The van der Waals surface area contributed by atoms with E-state index in [-0.39, 0.29) is 42.2 Å². The van der Waals surface area contributed by atoms with E-state index in [1.54, 1.807) is 6.20 Å². The third-order valence-corrected chi connectivity index (χ3v) is 6.87. The van der Waals surface area contributed by atoms with Crippen LogP contribution in [-0.4, -0.2) is 62.1 Å². The van der Waals surface area contributed by atoms with E-state index in [1.807, 2.05) is 50.2 Å². The number of benzene rings is 1. The number of nitrogens with two attached hydrogens (primary N) is 1. The maximum atomic E-state index is 12.6. The number of piperazine rings is 1. The molecule has 3 N–H and O–H groups in total. The number of aryl methyl sites for hydroxylation is 2. The summed E-state index contributed by atoms with van der Waals surface area (Å²) in [5.74, 6) is 1.02. The molecule has 0 radical (unpaired) electrons. The van der Waals surface area contributed by atoms with Gasteiger partial charge in [-0.25, -0.2) is 13.4 Å². The first-order valence-electron chi connectivity index (χ1n) is 9.63. The zero-order chi connectivity index (χ0) is 20.9. The van der Waals surface area contributed by atoms with Gasteiger partial charge in [0.2, 0.25) is 10.0 Å². The second kappa shape index (κ2) is 10.9. The third-order valence-electron chi connectivity index (χ3n) is 5.02. The highest BCUT2D eigenvalue weighted by Gasteiger charge is 2.26. The van der Waals surface area contributed by atoms with Gasteiger partial charge in [-0.2, -0.15) is 4.31 Å². The summed E-state index contributed by atoms with van der Waals surface area (Å²) in [6.45, 7) is 6.31. The number of aromatic nitrogens is 1. The molecule has 1 aromatic carbocycles. The second-order valence-electron chi connectivity index (χ2n) is 7.08. The Morgan fingerprint density at radius 1 is 1.13 bits per heavy atom. The zero-order valence-corrected chi connectivity index (χ0v) is 20.4. The van der Waals surface area contributed by atoms with Gasteiger partial charge >= 0.3 is 0 Å². The lowest BCUT2D eigenvalue weighted by atomic mass is 10.1. The topological polar surface area (TPSA) is 104 Å². The summed E-state index contributed by atoms with van der Waals surface area (Å²) < 4.78 is 26.7. The first-order valence-corrected chi connectivity index (χ1v) is 11.2. The molecule has 0 unspecified atom stereocenters. The highest BCUT2D eigenvalue weighted by Crippen LogP contribution is 2.15. The van der Waals surface area contributed by atoms with Crippen molar-refractivity contribution in [3.8, 4) is 0 Å². The third kappa shape index (κ3) is 6.54. The molecule has 10 heteroatoms. The first kappa shape index (κ1) is 24.4. The number of nitrogens with zero attached hydrogens (tertiary/aromatic N) is 4. The number of anilines is 2. The van der Waals surface area contributed by atoms with E-state index in [2.05, 4.69) is 20.2 Å². The Hall–Kier alpha value is -1.92. The van der Waals surface area contributed by atoms with Crippen LogP contribution in [0.15, 0.2) is 47.6 Å². The van der Waals surface area contributed by atoms with Crippen LogP contribution in [0.5, 0.6) is 0 Å². The van der Waals surface area contributed by atoms with Crippen LogP contribution < -0.4 is 16.0 Å². The van der Waals surface area contributed by atoms with Crippen molar-refractivity contribution < 1.29 is 8.42 Å². The number of nitrogens with one attached hydrogen (secondary N) is 1. The van der Waals surface area contributed by atoms with Crippen molar-refractivity contribution in [3.63, 3.8) is 0 Å². The molecule has 0 amide bonds. The lowest BCUT2D eigenvalue weighted by Crippen LogP contribution is -2.49. The maximum absolute atomic E-state index is 12.6. The Balaban J connectivity index is 0.00000320. The van der Waals surface area contributed by atoms with Gasteiger partial charge in [0.1, 0.15) is 5.82 Å². The summed E-state index contributed by atoms with van der Waals surface area (Å²) in [4.78, 5) is 10.6. The fourth-order valence-electron chi connectivity index (χ4n) is 3.15. The number of rotatable bonds is 6. The van der Waals surface area contributed by atoms with Gasteiger partial charge in [0.15, 0.2) is 5.96 Å². The van der Waals surface area contributed by atoms with E-state index in [1.165, 1.54) is 9.87 Å². The van der Waals surface area contributed by atoms with Crippen molar-refractivity contribution in [2.75, 3.05) is 48.7 Å². The van der Waals surface area contributed by atoms with Crippen molar-refractivity contribution >= 4 is 51.5 Å². The van der Waals surface area contributed by atoms with Crippen molar-refractivity contribution in [2.24, 2.45) is 10.7 Å². The maximum Gasteiger partial charge on any atom is 0.216 e. The summed E-state index contributed by atoms with van der Waals surface area (Å²) in [5, 5.41) is 3.01. The minimum Gasteiger partial charge on any atom is -0.370 e. The summed E-state index contributed by atoms with van der Waals surface area (Å²) in [5.41, 5.74) is 9.08. The molecule has 0 atom stereocenters. The Morgan fingerprint density at radius 2 is 1.87 bits per heavy atom. The number of aliphatic imine (C=N–C) groups is 1. The van der Waals surface area contributed by atoms with Crippen LogP contribution in [0, 0.1) is 13.8 Å². The average Bonchev–Trinajstić information content (AvgIpc) is 2.71. The highest BCUT2D eigenvalue weighted by atomic mass is 127. The van der Waals surface area contributed by atoms with Gasteiger partial charge in [0.05, 0.1) is 12.3 Å². The lowest BCUT2D eigenvalue weighted by molar-refractivity contribution is 0.384. The van der Waals surface area contributed by atoms with Crippen LogP contribution >= 0.6 is 24.0 Å². The molecule has 0 aliphatic carbocycles. The molecule has 0 saturated carbocycles. The van der Waals surface area contributed by atoms with Gasteiger partial charge in [-0.3, -0.25) is 4.99 Å². The smallest absolute Gasteiger partial charge is 0.216 e. The predicted octanol–water partition coefficient (Wildman–Crippen LogP) is 2.20. The molecule has 1 fully saturated rings. The van der Waals surface area contributed by atoms with E-state index in [9.17, 15) is 8.42 Å². The van der Waals surface area contributed by atoms with E-state index in [0.29, 0.717) is 26.2 Å². The molecule has 30 heavy (non-hydrogen) atoms. The van der Waals surface area contributed by atoms with Crippen LogP contribution in [-0.2, 0) is 10.0 Å². The molecule has 2 aromatic rings. The molecule has 1 aliphatic heterocycles. The summed E-state index contributed by atoms with van der Waals surface area (Å²) in [6, 6.07) is 11.6. The zero-order valence-electron chi connectivity index (χ0n) is 17.3. The molecule has 2 heterocycles. The van der Waals surface area contributed by atoms with Gasteiger partial charge in [-0.05, 0) is 49.2 Å². The normalized spacial score (nSPS) is 15.5. The fourth-order valence-corrected chi connectivity index (χ4v) is 4.45. The largest absolute Gasteiger partial charge is 0.370 e. The van der Waals surface area contributed by atoms with Crippen molar-refractivity contribution in [3.05, 3.63) is 53.7 Å². The molecular weight excluding hydrogens is 515 g/mol. The molecule has 0 bridgehead atoms. The van der Waals surface area contributed by atoms with Gasteiger partial charge in [0.25, 0.3) is 0 Å². The minimum absolute atomic E-state index is 0. The standard InChI is InChI=1S/C20H28N6O2S.HI/c1-16-6-7-18(15-17(16)2)24-20(21)23-9-14-29(27,28)26-12-10-25(11-13-26)19-5-3-4-8-22-19;/h3-8,15H,9-14H2,1-2H3,(H3,21,23,24);1H. The Kier molecular flexibility index (Phi) is 8.86. The predicted molar refractivity (Wildman–Crippen MR) is 133 cm³/mol. The molecule has 3 rings (SSSR count). The highest BCUT2D eigenvalue weighted by molar-refractivity contribution is 14.0. The summed E-state index contributed by atoms with van der Waals surface area (Å²) in [6.07, 6.45) is 1.74. The quantitative estimate of drug-likeness (QED) is 0.329. The number of hydrogen-bond acceptors (Lipinski definition) is 5. The van der Waals surface area contributed by atoms with Gasteiger partial charge < -0.3 is 16.0 Å². The van der Waals surface area contributed by atoms with E-state index in [0.717, 1.165) is 17.1 Å². The molecule has 1 aliphatic rings. The Morgan fingerprint density at radius 3 is 2.50 bits per heavy atom. The monoisotopic (exact) mass is 544 g/mol. The molecule has 1 saturated heterocycles. The number of halogens is 1. The van der Waals surface area contributed by atoms with Gasteiger partial charge in [-0.15, -0.1) is 24.0 Å². The number of hydrogen-bond donors (Lipinski definition) is 2. The molecule has 8 nitrogen and oxygen atoms in total. The Bertz CT molecular complexity index is 961. The molecule has 164 valence electrons. The number of guanidine groups is 1. The molecular formula is C20H29IN6O2S. The van der Waals surface area contributed by atoms with Crippen molar-refractivity contribution in [1.82, 2.24) is 9.29 Å². The lowest BCUT2D eigenvalue weighted by Gasteiger charge is -2.34. The van der Waals surface area contributed by atoms with Gasteiger partial charge in [-0.1, -0.05) is 12.1 Å². The van der Waals surface area contributed by atoms with Crippen LogP contribution in [0.4, 0.5) is 11.5 Å². The number of pyridine rings is 1. The van der Waals surface area contributed by atoms with Crippen LogP contribution in [0.25, 0.3) is 0 Å². The van der Waals surface area contributed by atoms with Gasteiger partial charge in [0, 0.05) is 38.1 Å². The second-order valence-corrected chi connectivity index (χ2v) is 9.17. The number of sulfonamides is 1. The van der Waals surface area contributed by atoms with Crippen LogP contribution in [0.1, 0.15) is 11.1 Å². The van der Waals surface area contributed by atoms with Crippen LogP contribution in [0.3, 0.4) is 0 Å². The Labute approximate surface area is 195 Å². The first-order chi connectivity index (χ1) is 13.8. The molecule has 1 aromatic heterocycles. The average molecular weight is 544 g/mol. The molecule has 0 spiro atoms. The summed E-state index contributed by atoms with van der Waals surface area (Å²) in [7, 11) is -3.37. The minimum atomic E-state index is -3.37. The SMILES string of the molecule is Cc1ccc(NC(N)=NCCS(=O)(=O)N2CCN(c3ccccn3)CC2)cc1C.I. The van der Waals surface area contributed by atoms with Crippen molar-refractivity contribution in [2.45, 2.75) is 13.8 Å². The summed E-state index contributed by atoms with van der Waals surface area (Å²) >= 11 is 0. The van der Waals surface area contributed by atoms with E-state index < -0.39 is 10.0 Å². The van der Waals surface area contributed by atoms with E-state index in [4.69, 9.17) is 5.73 Å². The van der Waals surface area contributed by atoms with E-state index >= 15 is 0 Å². The van der Waals surface area contributed by atoms with Crippen LogP contribution in [0.2, 0.25) is 0 Å². The van der Waals surface area contributed by atoms with Crippen molar-refractivity contribution in [1.29, 1.82) is 0 Å². The fraction of sp³-hybridized carbons (Fsp3) is 0.400.